The first-order valence-electron chi connectivity index (χ1n) is 37.0. The summed E-state index contributed by atoms with van der Waals surface area (Å²) in [6, 6.07) is 1.23. The number of fused-ring (bicyclic) bond motifs is 13. The van der Waals surface area contributed by atoms with E-state index in [9.17, 15) is 177 Å². The van der Waals surface area contributed by atoms with Crippen molar-refractivity contribution >= 4 is 65.7 Å². The summed E-state index contributed by atoms with van der Waals surface area (Å²) in [5.74, 6) is -81.7. The van der Waals surface area contributed by atoms with Gasteiger partial charge in [-0.2, -0.15) is 0 Å². The largest absolute Gasteiger partial charge is 0.504 e. The minimum absolute atomic E-state index is 0.0422. The second-order valence-electron chi connectivity index (χ2n) is 29.3. The van der Waals surface area contributed by atoms with Crippen molar-refractivity contribution < 1.29 is 258 Å². The lowest BCUT2D eigenvalue weighted by molar-refractivity contribution is -0.167. The lowest BCUT2D eigenvalue weighted by Crippen LogP contribution is -2.56. The molecule has 0 radical (unpaired) electrons. The fourth-order valence-corrected chi connectivity index (χ4v) is 15.5. The van der Waals surface area contributed by atoms with Crippen LogP contribution in [-0.2, 0) is 52.2 Å². The number of rotatable bonds is 8. The quantitative estimate of drug-likeness (QED) is 0.0590. The molecule has 52 nitrogen and oxygen atoms in total. The Kier molecular flexibility index (Phi) is 21.1. The van der Waals surface area contributed by atoms with Crippen LogP contribution in [-0.4, -0.2) is 286 Å². The van der Waals surface area contributed by atoms with Gasteiger partial charge in [0.15, 0.2) is 163 Å². The van der Waals surface area contributed by atoms with Crippen molar-refractivity contribution in [3.05, 3.63) is 127 Å². The smallest absolute Gasteiger partial charge is 0.349 e. The number of hydrogen-bond acceptors (Lipinski definition) is 51. The van der Waals surface area contributed by atoms with Crippen LogP contribution in [0.15, 0.2) is 60.7 Å². The molecule has 0 aromatic heterocycles. The van der Waals surface area contributed by atoms with Crippen LogP contribution in [0.2, 0.25) is 0 Å². The van der Waals surface area contributed by atoms with Crippen LogP contribution in [0.5, 0.6) is 172 Å². The molecule has 5 aliphatic rings. The number of esters is 10. The highest BCUT2D eigenvalue weighted by molar-refractivity contribution is 6.14. The van der Waals surface area contributed by atoms with Gasteiger partial charge in [0.1, 0.15) is 13.2 Å². The third-order valence-corrected chi connectivity index (χ3v) is 21.7. The number of aliphatic carboxylic acids is 1. The van der Waals surface area contributed by atoms with Crippen LogP contribution in [0.4, 0.5) is 0 Å². The molecule has 9 atom stereocenters. The molecular weight excluding hydrogens is 1820 g/mol. The van der Waals surface area contributed by atoms with E-state index in [1.807, 2.05) is 0 Å². The van der Waals surface area contributed by atoms with Crippen molar-refractivity contribution in [2.24, 2.45) is 0 Å². The maximum atomic E-state index is 16.6. The number of benzene rings is 10. The Labute approximate surface area is 733 Å². The highest BCUT2D eigenvalue weighted by Gasteiger charge is 2.59. The van der Waals surface area contributed by atoms with Crippen LogP contribution in [0.1, 0.15) is 121 Å². The minimum atomic E-state index is -3.65. The van der Waals surface area contributed by atoms with Gasteiger partial charge in [-0.15, -0.1) is 0 Å². The standard InChI is InChI=1S/C82H54O52/c83-22-1-13(2-23(84)46(22)93)73(115)127-32-11-125-74(116)14-3-24(85)47(94)55(102)34(14)36-16(5-26(87)49(96)57(36)104)77(119)129-66(32)69-68-44(43-45(82(124)131-68)42(63(110)65(112)64(43)111)40-20(80(122)132-69)9-30(91)53(100)61(40)108)41-21(10-31(92)54(101)62(41)109)76(118)128-33-12-126-75(117)15-4-25(86)48(95)56(103)35(15)37-17(6-27(88)50(97)58(37)105)78(120)130-67(33)70-71(72(113)114)134-81(123)19-8-29(90)52(99)60(107)39(19)38-18(79(121)133-70)7-28(89)51(98)59(38)106/h1-10,32-33,44,66-71,83-112H,11-12H2,(H,113,114)/t32-,33-,44-,66+,67+,68-,69-,70-,71+/m0/s1. The van der Waals surface area contributed by atoms with Crippen LogP contribution in [0.25, 0.3) is 44.5 Å². The molecule has 0 saturated heterocycles. The van der Waals surface area contributed by atoms with Gasteiger partial charge in [-0.3, -0.25) is 0 Å². The number of carboxylic acids is 1. The van der Waals surface area contributed by atoms with Gasteiger partial charge in [0.2, 0.25) is 57.8 Å². The third-order valence-electron chi connectivity index (χ3n) is 21.7. The van der Waals surface area contributed by atoms with Crippen molar-refractivity contribution in [3.63, 3.8) is 0 Å². The number of carboxylic acid groups (broad SMARTS) is 1. The Hall–Kier alpha value is -19.6. The molecule has 2 bridgehead atoms. The molecule has 0 saturated carbocycles. The molecule has 0 aliphatic carbocycles. The fraction of sp³-hybridized carbons (Fsp3) is 0.134. The van der Waals surface area contributed by atoms with E-state index in [0.717, 1.165) is 0 Å². The maximum Gasteiger partial charge on any atom is 0.349 e. The summed E-state index contributed by atoms with van der Waals surface area (Å²) in [5.41, 5.74) is -31.4. The van der Waals surface area contributed by atoms with Gasteiger partial charge in [-0.05, 0) is 60.7 Å². The van der Waals surface area contributed by atoms with E-state index in [-0.39, 0.29) is 48.5 Å². The summed E-state index contributed by atoms with van der Waals surface area (Å²) in [4.78, 5) is 169. The first kappa shape index (κ1) is 89.2. The van der Waals surface area contributed by atoms with Crippen molar-refractivity contribution in [2.45, 2.75) is 54.7 Å². The molecule has 10 aromatic rings. The van der Waals surface area contributed by atoms with Gasteiger partial charge in [-0.25, -0.2) is 52.7 Å². The summed E-state index contributed by atoms with van der Waals surface area (Å²) in [6.07, 6.45) is -28.2. The van der Waals surface area contributed by atoms with Crippen molar-refractivity contribution in [1.29, 1.82) is 0 Å². The topological polar surface area (TPSA) is 907 Å². The summed E-state index contributed by atoms with van der Waals surface area (Å²) in [5, 5.41) is 353. The number of phenols is 30. The van der Waals surface area contributed by atoms with Crippen LogP contribution >= 0.6 is 0 Å². The van der Waals surface area contributed by atoms with Gasteiger partial charge in [-0.1, -0.05) is 0 Å². The van der Waals surface area contributed by atoms with Gasteiger partial charge in [0.25, 0.3) is 0 Å². The highest BCUT2D eigenvalue weighted by Crippen LogP contribution is 2.64. The molecule has 0 spiro atoms. The van der Waals surface area contributed by atoms with Gasteiger partial charge >= 0.3 is 65.7 Å². The Balaban J connectivity index is 1.02. The summed E-state index contributed by atoms with van der Waals surface area (Å²) >= 11 is 0. The monoisotopic (exact) mass is 1870 g/mol. The van der Waals surface area contributed by atoms with Crippen molar-refractivity contribution in [1.82, 2.24) is 0 Å². The maximum absolute atomic E-state index is 16.6. The number of aromatic hydroxyl groups is 30. The normalized spacial score (nSPS) is 19.2. The number of ether oxygens (including phenoxy) is 10. The highest BCUT2D eigenvalue weighted by atomic mass is 16.7. The second kappa shape index (κ2) is 31.7. The minimum Gasteiger partial charge on any atom is -0.504 e. The average molecular weight is 1870 g/mol. The third kappa shape index (κ3) is 13.8. The number of carbonyl (C=O) groups is 11. The Morgan fingerprint density at radius 3 is 0.851 bits per heavy atom. The molecule has 5 heterocycles. The zero-order valence-electron chi connectivity index (χ0n) is 65.3. The Morgan fingerprint density at radius 1 is 0.239 bits per heavy atom. The molecule has 5 aliphatic heterocycles. The predicted molar refractivity (Wildman–Crippen MR) is 414 cm³/mol. The summed E-state index contributed by atoms with van der Waals surface area (Å²) in [6.45, 7) is -4.18. The summed E-state index contributed by atoms with van der Waals surface area (Å²) in [7, 11) is 0. The molecule has 52 heteroatoms. The first-order valence-corrected chi connectivity index (χ1v) is 37.0. The summed E-state index contributed by atoms with van der Waals surface area (Å²) < 4.78 is 57.2. The number of phenolic OH excluding ortho intramolecular Hbond substituents is 30. The number of carbonyl (C=O) groups excluding carboxylic acids is 10. The predicted octanol–water partition coefficient (Wildman–Crippen LogP) is 3.12. The van der Waals surface area contributed by atoms with Crippen LogP contribution in [0, 0.1) is 0 Å². The van der Waals surface area contributed by atoms with Crippen molar-refractivity contribution in [3.8, 4) is 217 Å². The Bertz CT molecular complexity index is 7020. The molecule has 15 rings (SSSR count). The molecule has 134 heavy (non-hydrogen) atoms. The van der Waals surface area contributed by atoms with E-state index < -0.39 is 417 Å². The SMILES string of the molecule is O=C(O[C@H]1COC(=O)c2cc(O)c(O)c(O)c2-c2c(cc(O)c(O)c2O)C(=O)O[C@H]1[C@@H]1OC(=O)c2cc(O)c(O)c(O)c2-c2c(O)c(O)c(O)c3c2C(=O)O[C@H]1[C@H]3c1c(C(=O)O[C@H]2COC(=O)c3cc(O)c(O)c(O)c3-c3c(cc(O)c(O)c3O)C(=O)O[C@H]2[C@@H]2OC(=O)c3cc(O)c(O)c(O)c3-c3c(cc(O)c(O)c3O)C(=O)O[C@H]2C(=O)O)cc(O)c(O)c1O)c1cc(O)c(O)c(O)c1. The second-order valence-corrected chi connectivity index (χ2v) is 29.3. The van der Waals surface area contributed by atoms with E-state index in [1.165, 1.54) is 0 Å². The lowest BCUT2D eigenvalue weighted by atomic mass is 9.73. The van der Waals surface area contributed by atoms with Crippen LogP contribution in [0.3, 0.4) is 0 Å². The van der Waals surface area contributed by atoms with Gasteiger partial charge < -0.3 is 206 Å². The van der Waals surface area contributed by atoms with E-state index >= 15 is 33.6 Å². The zero-order chi connectivity index (χ0) is 98.0. The van der Waals surface area contributed by atoms with E-state index in [4.69, 9.17) is 47.4 Å². The molecule has 0 amide bonds. The molecule has 10 aromatic carbocycles. The molecular formula is C82H54O52. The van der Waals surface area contributed by atoms with Gasteiger partial charge in [0.05, 0.1) is 61.6 Å². The van der Waals surface area contributed by atoms with E-state index in [2.05, 4.69) is 0 Å². The number of hydrogen-bond donors (Lipinski definition) is 31. The molecule has 694 valence electrons. The van der Waals surface area contributed by atoms with Crippen molar-refractivity contribution in [2.75, 3.05) is 13.2 Å². The number of cyclic esters (lactones) is 7. The molecule has 0 unspecified atom stereocenters. The fourth-order valence-electron chi connectivity index (χ4n) is 15.5. The van der Waals surface area contributed by atoms with Crippen LogP contribution < -0.4 is 0 Å². The van der Waals surface area contributed by atoms with E-state index in [1.54, 1.807) is 0 Å². The molecule has 31 N–H and O–H groups in total. The molecule has 0 fully saturated rings. The van der Waals surface area contributed by atoms with Gasteiger partial charge in [0, 0.05) is 55.6 Å². The average Bonchev–Trinajstić information content (AvgIpc) is 0.708. The van der Waals surface area contributed by atoms with E-state index in [0.29, 0.717) is 12.1 Å². The lowest BCUT2D eigenvalue weighted by Gasteiger charge is -2.43. The Morgan fingerprint density at radius 2 is 0.500 bits per heavy atom. The first-order chi connectivity index (χ1) is 62.9. The zero-order valence-corrected chi connectivity index (χ0v) is 65.3.